The number of carbonyl (C=O) groups is 1. The van der Waals surface area contributed by atoms with E-state index < -0.39 is 10.0 Å². The first-order valence-corrected chi connectivity index (χ1v) is 10.6. The number of allylic oxidation sites excluding steroid dienone is 1. The molecule has 7 heteroatoms. The van der Waals surface area contributed by atoms with E-state index in [9.17, 15) is 13.2 Å². The average molecular weight is 415 g/mol. The molecule has 0 aliphatic heterocycles. The summed E-state index contributed by atoms with van der Waals surface area (Å²) in [6.07, 6.45) is 7.68. The van der Waals surface area contributed by atoms with Gasteiger partial charge in [-0.25, -0.2) is 8.42 Å². The van der Waals surface area contributed by atoms with Gasteiger partial charge in [0.1, 0.15) is 6.54 Å². The highest BCUT2D eigenvalue weighted by atomic mass is 79.9. The van der Waals surface area contributed by atoms with E-state index in [2.05, 4.69) is 27.3 Å². The van der Waals surface area contributed by atoms with Crippen LogP contribution in [0.3, 0.4) is 0 Å². The smallest absolute Gasteiger partial charge is 0.241 e. The monoisotopic (exact) mass is 414 g/mol. The fraction of sp³-hybridized carbons (Fsp3) is 0.471. The van der Waals surface area contributed by atoms with Crippen molar-refractivity contribution < 1.29 is 13.2 Å². The van der Waals surface area contributed by atoms with Crippen molar-refractivity contribution in [2.45, 2.75) is 32.6 Å². The SMILES string of the molecule is Cc1cc(N(CC(=O)NCC2=CCCCC2)S(C)(=O)=O)ccc1Br. The van der Waals surface area contributed by atoms with E-state index in [-0.39, 0.29) is 12.5 Å². The first-order valence-electron chi connectivity index (χ1n) is 7.96. The molecule has 2 rings (SSSR count). The van der Waals surface area contributed by atoms with Gasteiger partial charge in [0, 0.05) is 11.0 Å². The summed E-state index contributed by atoms with van der Waals surface area (Å²) in [6.45, 7) is 2.16. The number of benzene rings is 1. The number of aryl methyl sites for hydroxylation is 1. The lowest BCUT2D eigenvalue weighted by molar-refractivity contribution is -0.119. The summed E-state index contributed by atoms with van der Waals surface area (Å²) < 4.78 is 26.2. The largest absolute Gasteiger partial charge is 0.351 e. The summed E-state index contributed by atoms with van der Waals surface area (Å²) in [4.78, 5) is 12.2. The predicted molar refractivity (Wildman–Crippen MR) is 101 cm³/mol. The van der Waals surface area contributed by atoms with Crippen LogP contribution in [0.25, 0.3) is 0 Å². The third-order valence-corrected chi connectivity index (χ3v) is 6.05. The molecule has 0 fully saturated rings. The minimum absolute atomic E-state index is 0.215. The number of rotatable bonds is 6. The van der Waals surface area contributed by atoms with Crippen molar-refractivity contribution in [3.63, 3.8) is 0 Å². The van der Waals surface area contributed by atoms with E-state index >= 15 is 0 Å². The molecule has 5 nitrogen and oxygen atoms in total. The molecule has 0 saturated carbocycles. The number of hydrogen-bond acceptors (Lipinski definition) is 3. The van der Waals surface area contributed by atoms with E-state index in [1.165, 1.54) is 12.0 Å². The average Bonchev–Trinajstić information content (AvgIpc) is 2.53. The topological polar surface area (TPSA) is 66.5 Å². The minimum Gasteiger partial charge on any atom is -0.351 e. The van der Waals surface area contributed by atoms with Crippen molar-refractivity contribution in [1.82, 2.24) is 5.32 Å². The number of nitrogens with zero attached hydrogens (tertiary/aromatic N) is 1. The lowest BCUT2D eigenvalue weighted by Crippen LogP contribution is -2.41. The van der Waals surface area contributed by atoms with Crippen molar-refractivity contribution in [3.8, 4) is 0 Å². The Hall–Kier alpha value is -1.34. The van der Waals surface area contributed by atoms with E-state index in [0.717, 1.165) is 39.9 Å². The molecule has 1 aliphatic rings. The second kappa shape index (κ2) is 8.16. The molecule has 132 valence electrons. The molecule has 1 aliphatic carbocycles. The van der Waals surface area contributed by atoms with Crippen molar-refractivity contribution in [1.29, 1.82) is 0 Å². The van der Waals surface area contributed by atoms with Crippen molar-refractivity contribution in [2.24, 2.45) is 0 Å². The van der Waals surface area contributed by atoms with Crippen LogP contribution in [-0.4, -0.2) is 33.7 Å². The Balaban J connectivity index is 2.07. The molecule has 1 amide bonds. The Morgan fingerprint density at radius 2 is 2.08 bits per heavy atom. The highest BCUT2D eigenvalue weighted by Crippen LogP contribution is 2.24. The summed E-state index contributed by atoms with van der Waals surface area (Å²) in [7, 11) is -3.54. The second-order valence-electron chi connectivity index (χ2n) is 6.09. The molecular formula is C17H23BrN2O3S. The summed E-state index contributed by atoms with van der Waals surface area (Å²) in [5.41, 5.74) is 2.62. The van der Waals surface area contributed by atoms with Crippen LogP contribution in [0.2, 0.25) is 0 Å². The highest BCUT2D eigenvalue weighted by molar-refractivity contribution is 9.10. The molecule has 1 aromatic carbocycles. The summed E-state index contributed by atoms with van der Waals surface area (Å²) in [5, 5.41) is 2.83. The van der Waals surface area contributed by atoms with Crippen LogP contribution in [-0.2, 0) is 14.8 Å². The van der Waals surface area contributed by atoms with Gasteiger partial charge in [0.2, 0.25) is 15.9 Å². The van der Waals surface area contributed by atoms with Crippen molar-refractivity contribution in [3.05, 3.63) is 39.9 Å². The van der Waals surface area contributed by atoms with Crippen LogP contribution in [0.1, 0.15) is 31.2 Å². The molecule has 1 N–H and O–H groups in total. The second-order valence-corrected chi connectivity index (χ2v) is 8.85. The molecule has 1 aromatic rings. The zero-order valence-electron chi connectivity index (χ0n) is 14.0. The Labute approximate surface area is 152 Å². The molecular weight excluding hydrogens is 392 g/mol. The van der Waals surface area contributed by atoms with Crippen LogP contribution in [0.15, 0.2) is 34.3 Å². The van der Waals surface area contributed by atoms with Crippen molar-refractivity contribution >= 4 is 37.5 Å². The number of amides is 1. The van der Waals surface area contributed by atoms with Crippen LogP contribution >= 0.6 is 15.9 Å². The Kier molecular flexibility index (Phi) is 6.46. The molecule has 0 spiro atoms. The summed E-state index contributed by atoms with van der Waals surface area (Å²) in [6, 6.07) is 5.23. The fourth-order valence-electron chi connectivity index (χ4n) is 2.65. The Bertz CT molecular complexity index is 744. The van der Waals surface area contributed by atoms with Crippen LogP contribution in [0.4, 0.5) is 5.69 Å². The number of halogens is 1. The first-order chi connectivity index (χ1) is 11.3. The maximum Gasteiger partial charge on any atom is 0.241 e. The van der Waals surface area contributed by atoms with Crippen LogP contribution in [0, 0.1) is 6.92 Å². The number of anilines is 1. The van der Waals surface area contributed by atoms with Gasteiger partial charge in [-0.1, -0.05) is 27.6 Å². The van der Waals surface area contributed by atoms with Crippen molar-refractivity contribution in [2.75, 3.05) is 23.7 Å². The molecule has 24 heavy (non-hydrogen) atoms. The van der Waals surface area contributed by atoms with Crippen LogP contribution < -0.4 is 9.62 Å². The molecule has 0 bridgehead atoms. The minimum atomic E-state index is -3.54. The van der Waals surface area contributed by atoms with Gasteiger partial charge in [-0.15, -0.1) is 0 Å². The van der Waals surface area contributed by atoms with Gasteiger partial charge in [-0.05, 0) is 56.4 Å². The van der Waals surface area contributed by atoms with E-state index in [4.69, 9.17) is 0 Å². The zero-order valence-corrected chi connectivity index (χ0v) is 16.4. The van der Waals surface area contributed by atoms with Gasteiger partial charge in [0.25, 0.3) is 0 Å². The first kappa shape index (κ1) is 19.0. The van der Waals surface area contributed by atoms with Gasteiger partial charge in [-0.2, -0.15) is 0 Å². The molecule has 0 radical (unpaired) electrons. The highest BCUT2D eigenvalue weighted by Gasteiger charge is 2.21. The summed E-state index contributed by atoms with van der Waals surface area (Å²) >= 11 is 3.40. The normalized spacial score (nSPS) is 14.9. The third kappa shape index (κ3) is 5.34. The van der Waals surface area contributed by atoms with E-state index in [1.807, 2.05) is 6.92 Å². The standard InChI is InChI=1S/C17H23BrN2O3S/c1-13-10-15(8-9-16(13)18)20(24(2,22)23)12-17(21)19-11-14-6-4-3-5-7-14/h6,8-10H,3-5,7,11-12H2,1-2H3,(H,19,21). The van der Waals surface area contributed by atoms with E-state index in [0.29, 0.717) is 12.2 Å². The number of sulfonamides is 1. The number of carbonyl (C=O) groups excluding carboxylic acids is 1. The molecule has 0 unspecified atom stereocenters. The van der Waals surface area contributed by atoms with Gasteiger partial charge in [0.15, 0.2) is 0 Å². The zero-order chi connectivity index (χ0) is 17.7. The Morgan fingerprint density at radius 3 is 2.67 bits per heavy atom. The van der Waals surface area contributed by atoms with Gasteiger partial charge in [0.05, 0.1) is 11.9 Å². The maximum absolute atomic E-state index is 12.2. The van der Waals surface area contributed by atoms with Gasteiger partial charge in [-0.3, -0.25) is 9.10 Å². The third-order valence-electron chi connectivity index (χ3n) is 4.01. The molecule has 0 atom stereocenters. The quantitative estimate of drug-likeness (QED) is 0.726. The Morgan fingerprint density at radius 1 is 1.33 bits per heavy atom. The lowest BCUT2D eigenvalue weighted by Gasteiger charge is -2.23. The maximum atomic E-state index is 12.2. The predicted octanol–water partition coefficient (Wildman–Crippen LogP) is 3.14. The molecule has 0 heterocycles. The molecule has 0 aromatic heterocycles. The lowest BCUT2D eigenvalue weighted by atomic mass is 10.00. The molecule has 0 saturated heterocycles. The van der Waals surface area contributed by atoms with Crippen LogP contribution in [0.5, 0.6) is 0 Å². The van der Waals surface area contributed by atoms with Gasteiger partial charge >= 0.3 is 0 Å². The van der Waals surface area contributed by atoms with E-state index in [1.54, 1.807) is 18.2 Å². The fourth-order valence-corrected chi connectivity index (χ4v) is 3.74. The number of hydrogen-bond donors (Lipinski definition) is 1. The number of nitrogens with one attached hydrogen (secondary N) is 1. The van der Waals surface area contributed by atoms with Gasteiger partial charge < -0.3 is 5.32 Å². The summed E-state index contributed by atoms with van der Waals surface area (Å²) in [5.74, 6) is -0.299.